The summed E-state index contributed by atoms with van der Waals surface area (Å²) in [4.78, 5) is 10.3. The number of aromatic nitrogens is 3. The summed E-state index contributed by atoms with van der Waals surface area (Å²) < 4.78 is 7.66. The van der Waals surface area contributed by atoms with Gasteiger partial charge in [-0.15, -0.1) is 5.10 Å². The van der Waals surface area contributed by atoms with E-state index in [9.17, 15) is 10.1 Å². The van der Waals surface area contributed by atoms with Crippen molar-refractivity contribution in [2.24, 2.45) is 0 Å². The highest BCUT2D eigenvalue weighted by Gasteiger charge is 2.13. The molecule has 0 aliphatic carbocycles. The third-order valence-corrected chi connectivity index (χ3v) is 4.35. The Morgan fingerprint density at radius 3 is 2.44 bits per heavy atom. The molecule has 0 amide bonds. The molecule has 0 spiro atoms. The van der Waals surface area contributed by atoms with E-state index in [1.54, 1.807) is 19.2 Å². The lowest BCUT2D eigenvalue weighted by Gasteiger charge is -2.08. The minimum Gasteiger partial charge on any atom is -0.497 e. The zero-order valence-corrected chi connectivity index (χ0v) is 15.0. The fourth-order valence-electron chi connectivity index (χ4n) is 2.48. The average molecular weight is 403 g/mol. The van der Waals surface area contributed by atoms with E-state index in [2.05, 4.69) is 26.2 Å². The lowest BCUT2D eigenvalue weighted by molar-refractivity contribution is -0.384. The van der Waals surface area contributed by atoms with Crippen LogP contribution in [0.2, 0.25) is 0 Å². The maximum absolute atomic E-state index is 10.7. The Morgan fingerprint density at radius 2 is 1.84 bits per heavy atom. The van der Waals surface area contributed by atoms with Crippen molar-refractivity contribution in [3.8, 4) is 17.0 Å². The van der Waals surface area contributed by atoms with Crippen LogP contribution in [0.4, 0.5) is 5.69 Å². The van der Waals surface area contributed by atoms with E-state index in [1.807, 2.05) is 28.9 Å². The lowest BCUT2D eigenvalue weighted by Crippen LogP contribution is -2.05. The zero-order valence-electron chi connectivity index (χ0n) is 13.4. The number of halogens is 1. The third kappa shape index (κ3) is 3.85. The first kappa shape index (κ1) is 17.1. The average Bonchev–Trinajstić information content (AvgIpc) is 3.01. The van der Waals surface area contributed by atoms with Crippen LogP contribution in [0.25, 0.3) is 11.3 Å². The molecule has 0 N–H and O–H groups in total. The summed E-state index contributed by atoms with van der Waals surface area (Å²) in [5.74, 6) is 0.782. The summed E-state index contributed by atoms with van der Waals surface area (Å²) in [5, 5.41) is 19.0. The number of nitrogens with zero attached hydrogens (tertiary/aromatic N) is 4. The van der Waals surface area contributed by atoms with E-state index in [1.165, 1.54) is 12.1 Å². The maximum atomic E-state index is 10.7. The van der Waals surface area contributed by atoms with Crippen molar-refractivity contribution in [2.45, 2.75) is 13.0 Å². The minimum atomic E-state index is -0.403. The molecule has 3 rings (SSSR count). The molecule has 2 aromatic carbocycles. The molecule has 0 bridgehead atoms. The number of non-ortho nitro benzene ring substituents is 1. The van der Waals surface area contributed by atoms with Crippen LogP contribution in [0.5, 0.6) is 5.75 Å². The van der Waals surface area contributed by atoms with Crippen molar-refractivity contribution in [1.82, 2.24) is 15.0 Å². The molecule has 0 aliphatic heterocycles. The molecule has 0 fully saturated rings. The molecule has 0 aliphatic rings. The van der Waals surface area contributed by atoms with Crippen molar-refractivity contribution in [3.05, 3.63) is 68.8 Å². The highest BCUT2D eigenvalue weighted by atomic mass is 79.9. The quantitative estimate of drug-likeness (QED) is 0.461. The molecular formula is C17H15BrN4O3. The molecule has 1 aromatic heterocycles. The predicted molar refractivity (Wildman–Crippen MR) is 96.5 cm³/mol. The van der Waals surface area contributed by atoms with E-state index >= 15 is 0 Å². The Labute approximate surface area is 152 Å². The van der Waals surface area contributed by atoms with Crippen LogP contribution in [0.3, 0.4) is 0 Å². The van der Waals surface area contributed by atoms with Gasteiger partial charge < -0.3 is 4.74 Å². The van der Waals surface area contributed by atoms with E-state index in [4.69, 9.17) is 4.74 Å². The number of benzene rings is 2. The number of nitro benzene ring substituents is 1. The summed E-state index contributed by atoms with van der Waals surface area (Å²) in [5.41, 5.74) is 2.94. The van der Waals surface area contributed by atoms with Crippen molar-refractivity contribution in [3.63, 3.8) is 0 Å². The van der Waals surface area contributed by atoms with Gasteiger partial charge in [0.25, 0.3) is 5.69 Å². The fraction of sp³-hybridized carbons (Fsp3) is 0.176. The van der Waals surface area contributed by atoms with Gasteiger partial charge in [-0.2, -0.15) is 0 Å². The smallest absolute Gasteiger partial charge is 0.269 e. The molecule has 3 aromatic rings. The van der Waals surface area contributed by atoms with Gasteiger partial charge in [0, 0.05) is 24.2 Å². The molecule has 7 nitrogen and oxygen atoms in total. The summed E-state index contributed by atoms with van der Waals surface area (Å²) in [6, 6.07) is 14.2. The standard InChI is InChI=1S/C17H15BrN4O3/c1-25-15-8-4-13(5-9-15)16-17(18)19-20-21(16)11-10-12-2-6-14(7-3-12)22(23)24/h2-9H,10-11H2,1H3. The highest BCUT2D eigenvalue weighted by Crippen LogP contribution is 2.28. The Hall–Kier alpha value is -2.74. The second-order valence-electron chi connectivity index (χ2n) is 5.35. The SMILES string of the molecule is COc1ccc(-c2c(Br)nnn2CCc2ccc([N+](=O)[O-])cc2)cc1. The number of rotatable bonds is 6. The van der Waals surface area contributed by atoms with Gasteiger partial charge in [0.1, 0.15) is 11.4 Å². The number of hydrogen-bond donors (Lipinski definition) is 0. The molecule has 128 valence electrons. The van der Waals surface area contributed by atoms with Gasteiger partial charge in [0.15, 0.2) is 4.60 Å². The van der Waals surface area contributed by atoms with E-state index in [-0.39, 0.29) is 5.69 Å². The fourth-order valence-corrected chi connectivity index (χ4v) is 2.99. The van der Waals surface area contributed by atoms with E-state index in [0.717, 1.165) is 22.6 Å². The third-order valence-electron chi connectivity index (χ3n) is 3.82. The number of methoxy groups -OCH3 is 1. The normalized spacial score (nSPS) is 10.6. The molecule has 0 atom stereocenters. The van der Waals surface area contributed by atoms with Crippen LogP contribution in [0.15, 0.2) is 53.1 Å². The van der Waals surface area contributed by atoms with E-state index in [0.29, 0.717) is 17.6 Å². The van der Waals surface area contributed by atoms with Crippen molar-refractivity contribution in [2.75, 3.05) is 7.11 Å². The van der Waals surface area contributed by atoms with Gasteiger partial charge >= 0.3 is 0 Å². The predicted octanol–water partition coefficient (Wildman–Crippen LogP) is 3.87. The van der Waals surface area contributed by atoms with Crippen LogP contribution in [0.1, 0.15) is 5.56 Å². The Morgan fingerprint density at radius 1 is 1.16 bits per heavy atom. The molecular weight excluding hydrogens is 388 g/mol. The van der Waals surface area contributed by atoms with Gasteiger partial charge in [-0.3, -0.25) is 10.1 Å². The molecule has 0 saturated heterocycles. The highest BCUT2D eigenvalue weighted by molar-refractivity contribution is 9.10. The van der Waals surface area contributed by atoms with Gasteiger partial charge in [0.2, 0.25) is 0 Å². The number of hydrogen-bond acceptors (Lipinski definition) is 5. The topological polar surface area (TPSA) is 83.1 Å². The number of aryl methyl sites for hydroxylation is 2. The molecule has 1 heterocycles. The zero-order chi connectivity index (χ0) is 17.8. The second-order valence-corrected chi connectivity index (χ2v) is 6.11. The largest absolute Gasteiger partial charge is 0.497 e. The monoisotopic (exact) mass is 402 g/mol. The molecule has 0 saturated carbocycles. The Bertz CT molecular complexity index is 876. The number of ether oxygens (including phenoxy) is 1. The van der Waals surface area contributed by atoms with Crippen LogP contribution >= 0.6 is 15.9 Å². The Kier molecular flexibility index (Phi) is 5.08. The van der Waals surface area contributed by atoms with Crippen LogP contribution in [-0.4, -0.2) is 27.0 Å². The summed E-state index contributed by atoms with van der Waals surface area (Å²) in [7, 11) is 1.63. The van der Waals surface area contributed by atoms with Crippen molar-refractivity contribution >= 4 is 21.6 Å². The first-order valence-corrected chi connectivity index (χ1v) is 8.34. The van der Waals surface area contributed by atoms with Crippen LogP contribution in [-0.2, 0) is 13.0 Å². The summed E-state index contributed by atoms with van der Waals surface area (Å²) in [6.07, 6.45) is 0.691. The summed E-state index contributed by atoms with van der Waals surface area (Å²) >= 11 is 3.44. The first-order chi connectivity index (χ1) is 12.1. The van der Waals surface area contributed by atoms with Gasteiger partial charge in [-0.25, -0.2) is 4.68 Å². The lowest BCUT2D eigenvalue weighted by atomic mass is 10.1. The molecule has 0 radical (unpaired) electrons. The summed E-state index contributed by atoms with van der Waals surface area (Å²) in [6.45, 7) is 0.609. The van der Waals surface area contributed by atoms with Gasteiger partial charge in [-0.1, -0.05) is 17.3 Å². The second kappa shape index (κ2) is 7.43. The molecule has 25 heavy (non-hydrogen) atoms. The van der Waals surface area contributed by atoms with Crippen molar-refractivity contribution in [1.29, 1.82) is 0 Å². The van der Waals surface area contributed by atoms with Crippen LogP contribution < -0.4 is 4.74 Å². The van der Waals surface area contributed by atoms with Crippen molar-refractivity contribution < 1.29 is 9.66 Å². The number of nitro groups is 1. The molecule has 0 unspecified atom stereocenters. The Balaban J connectivity index is 1.78. The van der Waals surface area contributed by atoms with E-state index < -0.39 is 4.92 Å². The molecule has 8 heteroatoms. The first-order valence-electron chi connectivity index (χ1n) is 7.55. The van der Waals surface area contributed by atoms with Gasteiger partial charge in [0.05, 0.1) is 12.0 Å². The van der Waals surface area contributed by atoms with Crippen LogP contribution in [0, 0.1) is 10.1 Å². The van der Waals surface area contributed by atoms with Gasteiger partial charge in [-0.05, 0) is 52.2 Å². The maximum Gasteiger partial charge on any atom is 0.269 e. The minimum absolute atomic E-state index is 0.0890.